The molecule has 0 radical (unpaired) electrons. The first-order chi connectivity index (χ1) is 10.3. The molecule has 0 aromatic heterocycles. The highest BCUT2D eigenvalue weighted by Gasteiger charge is 2.48. The molecular formula is C17H23NO4. The maximum absolute atomic E-state index is 5.80. The summed E-state index contributed by atoms with van der Waals surface area (Å²) in [6.45, 7) is 7.98. The quantitative estimate of drug-likeness (QED) is 0.793. The third-order valence-corrected chi connectivity index (χ3v) is 3.97. The van der Waals surface area contributed by atoms with Crippen LogP contribution >= 0.6 is 0 Å². The van der Waals surface area contributed by atoms with Gasteiger partial charge in [-0.15, -0.1) is 0 Å². The summed E-state index contributed by atoms with van der Waals surface area (Å²) in [7, 11) is 3.22. The van der Waals surface area contributed by atoms with Gasteiger partial charge in [-0.3, -0.25) is 4.99 Å². The fourth-order valence-electron chi connectivity index (χ4n) is 1.91. The third kappa shape index (κ3) is 3.18. The number of aliphatic imine (C=N–C) groups is 1. The Hall–Kier alpha value is -2.17. The standard InChI is InChI=1S/C17H23NO4/c1-16(2)17(3,4)22-15(21-16)9-10-18-13-11-12(19-5)7-8-14(13)20-6/h7-11H,1-6H3. The van der Waals surface area contributed by atoms with Crippen molar-refractivity contribution in [3.8, 4) is 11.5 Å². The Balaban J connectivity index is 2.18. The van der Waals surface area contributed by atoms with Crippen molar-refractivity contribution in [2.45, 2.75) is 38.9 Å². The first kappa shape index (κ1) is 16.2. The predicted octanol–water partition coefficient (Wildman–Crippen LogP) is 3.85. The molecule has 0 bridgehead atoms. The van der Waals surface area contributed by atoms with Gasteiger partial charge in [0.1, 0.15) is 28.4 Å². The smallest absolute Gasteiger partial charge is 0.282 e. The molecule has 1 saturated heterocycles. The van der Waals surface area contributed by atoms with Crippen molar-refractivity contribution in [1.29, 1.82) is 0 Å². The molecular weight excluding hydrogens is 282 g/mol. The fourth-order valence-corrected chi connectivity index (χ4v) is 1.91. The second-order valence-corrected chi connectivity index (χ2v) is 6.03. The Morgan fingerprint density at radius 3 is 2.18 bits per heavy atom. The maximum Gasteiger partial charge on any atom is 0.282 e. The number of rotatable bonds is 4. The highest BCUT2D eigenvalue weighted by molar-refractivity contribution is 5.76. The van der Waals surface area contributed by atoms with Crippen LogP contribution in [0.1, 0.15) is 27.7 Å². The zero-order valence-electron chi connectivity index (χ0n) is 14.0. The third-order valence-electron chi connectivity index (χ3n) is 3.97. The monoisotopic (exact) mass is 305 g/mol. The van der Waals surface area contributed by atoms with Gasteiger partial charge in [-0.1, -0.05) is 0 Å². The molecule has 0 amide bonds. The molecule has 22 heavy (non-hydrogen) atoms. The van der Waals surface area contributed by atoms with E-state index in [2.05, 4.69) is 4.99 Å². The first-order valence-corrected chi connectivity index (χ1v) is 7.13. The molecule has 1 aromatic rings. The fraction of sp³-hybridized carbons (Fsp3) is 0.471. The van der Waals surface area contributed by atoms with Crippen LogP contribution in [-0.4, -0.2) is 31.6 Å². The molecule has 1 aromatic carbocycles. The second kappa shape index (κ2) is 5.91. The Bertz CT molecular complexity index is 585. The van der Waals surface area contributed by atoms with E-state index in [9.17, 15) is 0 Å². The van der Waals surface area contributed by atoms with E-state index in [1.54, 1.807) is 32.6 Å². The van der Waals surface area contributed by atoms with Crippen molar-refractivity contribution in [2.75, 3.05) is 14.2 Å². The van der Waals surface area contributed by atoms with Gasteiger partial charge in [0.15, 0.2) is 0 Å². The molecule has 1 heterocycles. The summed E-state index contributed by atoms with van der Waals surface area (Å²) in [4.78, 5) is 4.38. The largest absolute Gasteiger partial charge is 0.497 e. The molecule has 0 saturated carbocycles. The average Bonchev–Trinajstić information content (AvgIpc) is 2.66. The molecule has 1 aliphatic heterocycles. The van der Waals surface area contributed by atoms with E-state index >= 15 is 0 Å². The Kier molecular flexibility index (Phi) is 4.35. The summed E-state index contributed by atoms with van der Waals surface area (Å²) in [5.74, 6) is 1.85. The van der Waals surface area contributed by atoms with Crippen LogP contribution in [0.15, 0.2) is 35.2 Å². The van der Waals surface area contributed by atoms with E-state index < -0.39 is 0 Å². The molecule has 0 spiro atoms. The van der Waals surface area contributed by atoms with Crippen molar-refractivity contribution < 1.29 is 18.9 Å². The average molecular weight is 305 g/mol. The Labute approximate surface area is 131 Å². The predicted molar refractivity (Wildman–Crippen MR) is 86.1 cm³/mol. The van der Waals surface area contributed by atoms with E-state index in [1.165, 1.54) is 0 Å². The topological polar surface area (TPSA) is 49.3 Å². The van der Waals surface area contributed by atoms with Gasteiger partial charge < -0.3 is 18.9 Å². The van der Waals surface area contributed by atoms with E-state index in [-0.39, 0.29) is 11.2 Å². The molecule has 0 N–H and O–H groups in total. The van der Waals surface area contributed by atoms with Crippen molar-refractivity contribution in [3.05, 3.63) is 30.2 Å². The van der Waals surface area contributed by atoms with E-state index in [0.29, 0.717) is 17.4 Å². The lowest BCUT2D eigenvalue weighted by Crippen LogP contribution is -2.41. The molecule has 0 unspecified atom stereocenters. The van der Waals surface area contributed by atoms with Gasteiger partial charge in [-0.2, -0.15) is 0 Å². The Morgan fingerprint density at radius 2 is 1.64 bits per heavy atom. The SMILES string of the molecule is COc1ccc(OC)c(N=CC=C2OC(C)(C)C(C)(C)O2)c1. The van der Waals surface area contributed by atoms with Crippen LogP contribution in [0.5, 0.6) is 11.5 Å². The maximum atomic E-state index is 5.80. The number of nitrogens with zero attached hydrogens (tertiary/aromatic N) is 1. The van der Waals surface area contributed by atoms with Gasteiger partial charge >= 0.3 is 0 Å². The number of ether oxygens (including phenoxy) is 4. The van der Waals surface area contributed by atoms with Gasteiger partial charge in [0.05, 0.1) is 14.2 Å². The highest BCUT2D eigenvalue weighted by Crippen LogP contribution is 2.39. The minimum absolute atomic E-state index is 0.389. The summed E-state index contributed by atoms with van der Waals surface area (Å²) >= 11 is 0. The van der Waals surface area contributed by atoms with Crippen LogP contribution in [0.3, 0.4) is 0 Å². The number of benzene rings is 1. The molecule has 0 aliphatic carbocycles. The normalized spacial score (nSPS) is 18.7. The zero-order valence-corrected chi connectivity index (χ0v) is 14.0. The molecule has 5 nitrogen and oxygen atoms in total. The number of hydrogen-bond donors (Lipinski definition) is 0. The summed E-state index contributed by atoms with van der Waals surface area (Å²) in [5.41, 5.74) is -0.101. The van der Waals surface area contributed by atoms with Crippen LogP contribution in [0.25, 0.3) is 0 Å². The molecule has 5 heteroatoms. The molecule has 1 aliphatic rings. The van der Waals surface area contributed by atoms with Gasteiger partial charge in [0, 0.05) is 18.4 Å². The molecule has 0 atom stereocenters. The van der Waals surface area contributed by atoms with Crippen molar-refractivity contribution in [1.82, 2.24) is 0 Å². The minimum Gasteiger partial charge on any atom is -0.497 e. The summed E-state index contributed by atoms with van der Waals surface area (Å²) in [6.07, 6.45) is 3.33. The van der Waals surface area contributed by atoms with Gasteiger partial charge in [0.2, 0.25) is 0 Å². The number of hydrogen-bond acceptors (Lipinski definition) is 5. The van der Waals surface area contributed by atoms with Crippen LogP contribution in [-0.2, 0) is 9.47 Å². The Morgan fingerprint density at radius 1 is 1.00 bits per heavy atom. The number of methoxy groups -OCH3 is 2. The molecule has 120 valence electrons. The highest BCUT2D eigenvalue weighted by atomic mass is 16.7. The zero-order chi connectivity index (χ0) is 16.4. The van der Waals surface area contributed by atoms with E-state index in [1.807, 2.05) is 39.8 Å². The number of allylic oxidation sites excluding steroid dienone is 1. The first-order valence-electron chi connectivity index (χ1n) is 7.13. The van der Waals surface area contributed by atoms with Gasteiger partial charge in [-0.05, 0) is 39.8 Å². The summed E-state index contributed by atoms with van der Waals surface area (Å²) in [5, 5.41) is 0. The van der Waals surface area contributed by atoms with Crippen LogP contribution in [0, 0.1) is 0 Å². The molecule has 2 rings (SSSR count). The van der Waals surface area contributed by atoms with Gasteiger partial charge in [0.25, 0.3) is 5.95 Å². The summed E-state index contributed by atoms with van der Waals surface area (Å²) < 4.78 is 22.1. The van der Waals surface area contributed by atoms with Crippen molar-refractivity contribution in [2.24, 2.45) is 4.99 Å². The van der Waals surface area contributed by atoms with Gasteiger partial charge in [-0.25, -0.2) is 0 Å². The van der Waals surface area contributed by atoms with E-state index in [0.717, 1.165) is 5.75 Å². The van der Waals surface area contributed by atoms with Crippen molar-refractivity contribution >= 4 is 11.9 Å². The van der Waals surface area contributed by atoms with E-state index in [4.69, 9.17) is 18.9 Å². The summed E-state index contributed by atoms with van der Waals surface area (Å²) in [6, 6.07) is 5.44. The van der Waals surface area contributed by atoms with Crippen LogP contribution in [0.2, 0.25) is 0 Å². The lowest BCUT2D eigenvalue weighted by Gasteiger charge is -2.28. The van der Waals surface area contributed by atoms with Crippen molar-refractivity contribution in [3.63, 3.8) is 0 Å². The second-order valence-electron chi connectivity index (χ2n) is 6.03. The lowest BCUT2D eigenvalue weighted by atomic mass is 9.90. The minimum atomic E-state index is -0.389. The van der Waals surface area contributed by atoms with Crippen LogP contribution in [0.4, 0.5) is 5.69 Å². The molecule has 1 fully saturated rings. The van der Waals surface area contributed by atoms with Crippen LogP contribution < -0.4 is 9.47 Å². The lowest BCUT2D eigenvalue weighted by molar-refractivity contribution is 0.00578.